The highest BCUT2D eigenvalue weighted by Crippen LogP contribution is 2.28. The average molecular weight is 398 g/mol. The monoisotopic (exact) mass is 398 g/mol. The van der Waals surface area contributed by atoms with E-state index in [1.165, 1.54) is 23.9 Å². The van der Waals surface area contributed by atoms with Crippen molar-refractivity contribution in [2.24, 2.45) is 0 Å². The molecular weight excluding hydrogens is 379 g/mol. The van der Waals surface area contributed by atoms with Gasteiger partial charge in [0.1, 0.15) is 5.82 Å². The topological polar surface area (TPSA) is 60.2 Å². The molecule has 1 aliphatic heterocycles. The zero-order valence-electron chi connectivity index (χ0n) is 15.1. The zero-order valence-corrected chi connectivity index (χ0v) is 15.9. The largest absolute Gasteiger partial charge is 0.378 e. The van der Waals surface area contributed by atoms with Gasteiger partial charge in [-0.25, -0.2) is 4.39 Å². The van der Waals surface area contributed by atoms with Crippen LogP contribution in [-0.2, 0) is 9.53 Å². The van der Waals surface area contributed by atoms with Crippen LogP contribution in [0.4, 0.5) is 4.39 Å². The first-order valence-corrected chi connectivity index (χ1v) is 9.96. The molecule has 3 aromatic rings. The van der Waals surface area contributed by atoms with Gasteiger partial charge in [-0.3, -0.25) is 9.36 Å². The molecule has 2 heterocycles. The molecule has 0 unspecified atom stereocenters. The van der Waals surface area contributed by atoms with Gasteiger partial charge >= 0.3 is 0 Å². The van der Waals surface area contributed by atoms with E-state index in [9.17, 15) is 9.18 Å². The number of ether oxygens (including phenoxy) is 1. The summed E-state index contributed by atoms with van der Waals surface area (Å²) < 4.78 is 20.6. The molecule has 0 radical (unpaired) electrons. The Morgan fingerprint density at radius 3 is 2.46 bits per heavy atom. The normalized spacial score (nSPS) is 14.2. The summed E-state index contributed by atoms with van der Waals surface area (Å²) in [6.45, 7) is 2.36. The minimum Gasteiger partial charge on any atom is -0.378 e. The van der Waals surface area contributed by atoms with Crippen molar-refractivity contribution in [3.8, 4) is 17.1 Å². The second kappa shape index (κ2) is 8.53. The lowest BCUT2D eigenvalue weighted by Gasteiger charge is -2.26. The van der Waals surface area contributed by atoms with Crippen LogP contribution in [0, 0.1) is 5.82 Å². The molecule has 0 N–H and O–H groups in total. The number of hydrogen-bond donors (Lipinski definition) is 0. The van der Waals surface area contributed by atoms with Crippen LogP contribution in [0.2, 0.25) is 0 Å². The Morgan fingerprint density at radius 2 is 1.75 bits per heavy atom. The molecule has 4 rings (SSSR count). The van der Waals surface area contributed by atoms with Crippen molar-refractivity contribution in [3.63, 3.8) is 0 Å². The molecule has 8 heteroatoms. The minimum atomic E-state index is -0.310. The van der Waals surface area contributed by atoms with Gasteiger partial charge in [0.15, 0.2) is 11.0 Å². The third kappa shape index (κ3) is 4.07. The van der Waals surface area contributed by atoms with Crippen LogP contribution in [-0.4, -0.2) is 57.6 Å². The quantitative estimate of drug-likeness (QED) is 0.619. The molecule has 144 valence electrons. The highest BCUT2D eigenvalue weighted by molar-refractivity contribution is 7.99. The number of rotatable bonds is 5. The summed E-state index contributed by atoms with van der Waals surface area (Å²) in [5.41, 5.74) is 1.64. The van der Waals surface area contributed by atoms with Crippen LogP contribution in [0.5, 0.6) is 0 Å². The summed E-state index contributed by atoms with van der Waals surface area (Å²) in [6.07, 6.45) is 0. The van der Waals surface area contributed by atoms with Crippen molar-refractivity contribution in [2.75, 3.05) is 32.1 Å². The highest BCUT2D eigenvalue weighted by Gasteiger charge is 2.20. The van der Waals surface area contributed by atoms with Crippen LogP contribution in [0.15, 0.2) is 59.8 Å². The predicted octanol–water partition coefficient (Wildman–Crippen LogP) is 3.02. The molecule has 0 atom stereocenters. The lowest BCUT2D eigenvalue weighted by atomic mass is 10.2. The second-order valence-corrected chi connectivity index (χ2v) is 7.21. The van der Waals surface area contributed by atoms with E-state index in [0.29, 0.717) is 37.3 Å². The molecule has 0 saturated carbocycles. The summed E-state index contributed by atoms with van der Waals surface area (Å²) in [5.74, 6) is 0.639. The van der Waals surface area contributed by atoms with E-state index in [2.05, 4.69) is 10.2 Å². The number of halogens is 1. The van der Waals surface area contributed by atoms with Gasteiger partial charge in [-0.05, 0) is 24.3 Å². The SMILES string of the molecule is O=C(CSc1nnc(-c2ccccc2)n1-c1ccc(F)cc1)N1CCOCC1. The third-order valence-corrected chi connectivity index (χ3v) is 5.35. The van der Waals surface area contributed by atoms with Gasteiger partial charge in [0.05, 0.1) is 19.0 Å². The Bertz CT molecular complexity index is 941. The van der Waals surface area contributed by atoms with Crippen molar-refractivity contribution in [3.05, 3.63) is 60.4 Å². The van der Waals surface area contributed by atoms with Crippen LogP contribution in [0.1, 0.15) is 0 Å². The van der Waals surface area contributed by atoms with Crippen molar-refractivity contribution < 1.29 is 13.9 Å². The number of nitrogens with zero attached hydrogens (tertiary/aromatic N) is 4. The number of carbonyl (C=O) groups excluding carboxylic acids is 1. The summed E-state index contributed by atoms with van der Waals surface area (Å²) in [5, 5.41) is 9.21. The van der Waals surface area contributed by atoms with E-state index in [0.717, 1.165) is 11.3 Å². The molecule has 1 fully saturated rings. The molecule has 2 aromatic carbocycles. The van der Waals surface area contributed by atoms with Crippen LogP contribution >= 0.6 is 11.8 Å². The lowest BCUT2D eigenvalue weighted by molar-refractivity contribution is -0.132. The Kier molecular flexibility index (Phi) is 5.68. The number of carbonyl (C=O) groups is 1. The maximum atomic E-state index is 13.4. The highest BCUT2D eigenvalue weighted by atomic mass is 32.2. The molecule has 0 bridgehead atoms. The molecule has 1 amide bonds. The Balaban J connectivity index is 1.62. The van der Waals surface area contributed by atoms with Gasteiger partial charge in [-0.15, -0.1) is 10.2 Å². The fourth-order valence-corrected chi connectivity index (χ4v) is 3.85. The first-order valence-electron chi connectivity index (χ1n) is 8.97. The van der Waals surface area contributed by atoms with Crippen molar-refractivity contribution in [2.45, 2.75) is 5.16 Å². The van der Waals surface area contributed by atoms with Crippen molar-refractivity contribution >= 4 is 17.7 Å². The van der Waals surface area contributed by atoms with Gasteiger partial charge in [0.25, 0.3) is 0 Å². The molecule has 6 nitrogen and oxygen atoms in total. The van der Waals surface area contributed by atoms with E-state index in [1.54, 1.807) is 17.0 Å². The van der Waals surface area contributed by atoms with E-state index >= 15 is 0 Å². The fourth-order valence-electron chi connectivity index (χ4n) is 2.99. The number of benzene rings is 2. The smallest absolute Gasteiger partial charge is 0.233 e. The third-order valence-electron chi connectivity index (χ3n) is 4.44. The number of hydrogen-bond acceptors (Lipinski definition) is 5. The zero-order chi connectivity index (χ0) is 19.3. The molecule has 1 aliphatic rings. The maximum absolute atomic E-state index is 13.4. The molecule has 28 heavy (non-hydrogen) atoms. The van der Waals surface area contributed by atoms with Crippen LogP contribution < -0.4 is 0 Å². The van der Waals surface area contributed by atoms with Crippen molar-refractivity contribution in [1.82, 2.24) is 19.7 Å². The van der Waals surface area contributed by atoms with Gasteiger partial charge in [-0.2, -0.15) is 0 Å². The Morgan fingerprint density at radius 1 is 1.04 bits per heavy atom. The number of thioether (sulfide) groups is 1. The summed E-state index contributed by atoms with van der Waals surface area (Å²) >= 11 is 1.33. The Hall–Kier alpha value is -2.71. The number of aromatic nitrogens is 3. The van der Waals surface area contributed by atoms with Gasteiger partial charge in [0, 0.05) is 24.3 Å². The molecular formula is C20H19FN4O2S. The Labute approximate surface area is 166 Å². The lowest BCUT2D eigenvalue weighted by Crippen LogP contribution is -2.41. The van der Waals surface area contributed by atoms with E-state index in [4.69, 9.17) is 4.74 Å². The second-order valence-electron chi connectivity index (χ2n) is 6.27. The molecule has 0 spiro atoms. The molecule has 0 aliphatic carbocycles. The van der Waals surface area contributed by atoms with Crippen LogP contribution in [0.3, 0.4) is 0 Å². The summed E-state index contributed by atoms with van der Waals surface area (Å²) in [7, 11) is 0. The predicted molar refractivity (Wildman–Crippen MR) is 105 cm³/mol. The van der Waals surface area contributed by atoms with E-state index in [1.807, 2.05) is 34.9 Å². The number of morpholine rings is 1. The first-order chi connectivity index (χ1) is 13.7. The average Bonchev–Trinajstić information content (AvgIpc) is 3.18. The summed E-state index contributed by atoms with van der Waals surface area (Å²) in [6, 6.07) is 15.8. The summed E-state index contributed by atoms with van der Waals surface area (Å²) in [4.78, 5) is 14.3. The van der Waals surface area contributed by atoms with Crippen molar-refractivity contribution in [1.29, 1.82) is 0 Å². The minimum absolute atomic E-state index is 0.0446. The number of amides is 1. The molecule has 1 saturated heterocycles. The standard InChI is InChI=1S/C20H19FN4O2S/c21-16-6-8-17(9-7-16)25-19(15-4-2-1-3-5-15)22-23-20(25)28-14-18(26)24-10-12-27-13-11-24/h1-9H,10-14H2. The van der Waals surface area contributed by atoms with Gasteiger partial charge in [-0.1, -0.05) is 42.1 Å². The van der Waals surface area contributed by atoms with Gasteiger partial charge < -0.3 is 9.64 Å². The maximum Gasteiger partial charge on any atom is 0.233 e. The van der Waals surface area contributed by atoms with Gasteiger partial charge in [0.2, 0.25) is 5.91 Å². The van der Waals surface area contributed by atoms with E-state index in [-0.39, 0.29) is 17.5 Å². The first kappa shape index (κ1) is 18.6. The van der Waals surface area contributed by atoms with Crippen LogP contribution in [0.25, 0.3) is 17.1 Å². The fraction of sp³-hybridized carbons (Fsp3) is 0.250. The van der Waals surface area contributed by atoms with E-state index < -0.39 is 0 Å². The molecule has 1 aromatic heterocycles.